The van der Waals surface area contributed by atoms with Crippen LogP contribution in [-0.2, 0) is 17.8 Å². The van der Waals surface area contributed by atoms with Crippen LogP contribution < -0.4 is 5.32 Å². The van der Waals surface area contributed by atoms with E-state index < -0.39 is 4.92 Å². The molecule has 1 aliphatic rings. The molecule has 1 aliphatic heterocycles. The molecule has 1 aromatic carbocycles. The van der Waals surface area contributed by atoms with E-state index in [0.717, 1.165) is 5.56 Å². The topological polar surface area (TPSA) is 72.2 Å². The van der Waals surface area contributed by atoms with Gasteiger partial charge in [-0.3, -0.25) is 14.9 Å². The number of amides is 1. The molecule has 0 fully saturated rings. The van der Waals surface area contributed by atoms with Gasteiger partial charge in [0.1, 0.15) is 0 Å². The summed E-state index contributed by atoms with van der Waals surface area (Å²) >= 11 is 3.12. The normalized spacial score (nSPS) is 14.3. The number of hydrogen-bond acceptors (Lipinski definition) is 3. The molecule has 1 heterocycles. The van der Waals surface area contributed by atoms with Crippen molar-refractivity contribution in [3.05, 3.63) is 37.8 Å². The van der Waals surface area contributed by atoms with Crippen molar-refractivity contribution in [1.29, 1.82) is 0 Å². The minimum Gasteiger partial charge on any atom is -0.352 e. The van der Waals surface area contributed by atoms with Crippen LogP contribution in [0.4, 0.5) is 5.69 Å². The Kier molecular flexibility index (Phi) is 2.44. The van der Waals surface area contributed by atoms with Crippen LogP contribution in [0.1, 0.15) is 11.1 Å². The van der Waals surface area contributed by atoms with Gasteiger partial charge in [-0.05, 0) is 27.6 Å². The van der Waals surface area contributed by atoms with Gasteiger partial charge in [-0.1, -0.05) is 6.07 Å². The molecule has 0 aliphatic carbocycles. The minimum absolute atomic E-state index is 0.00218. The Hall–Kier alpha value is -1.43. The van der Waals surface area contributed by atoms with Crippen molar-refractivity contribution < 1.29 is 9.72 Å². The number of benzene rings is 1. The zero-order valence-electron chi connectivity index (χ0n) is 7.62. The van der Waals surface area contributed by atoms with Crippen molar-refractivity contribution in [3.8, 4) is 0 Å². The Balaban J connectivity index is 2.62. The predicted octanol–water partition coefficient (Wildman–Crippen LogP) is 1.53. The Morgan fingerprint density at radius 3 is 2.87 bits per heavy atom. The number of fused-ring (bicyclic) bond motifs is 1. The molecule has 2 rings (SSSR count). The number of nitro benzene ring substituents is 1. The molecule has 1 amide bonds. The highest BCUT2D eigenvalue weighted by atomic mass is 79.9. The molecule has 1 aromatic rings. The molecular weight excluding hydrogens is 264 g/mol. The molecular formula is C9H7BrN2O3. The van der Waals surface area contributed by atoms with Crippen molar-refractivity contribution in [2.24, 2.45) is 0 Å². The van der Waals surface area contributed by atoms with Gasteiger partial charge in [-0.2, -0.15) is 0 Å². The average molecular weight is 271 g/mol. The molecule has 0 bridgehead atoms. The lowest BCUT2D eigenvalue weighted by Crippen LogP contribution is -2.30. The van der Waals surface area contributed by atoms with Crippen LogP contribution in [-0.4, -0.2) is 10.8 Å². The Labute approximate surface area is 93.8 Å². The number of nitro groups is 1. The summed E-state index contributed by atoms with van der Waals surface area (Å²) in [5, 5.41) is 13.5. The molecule has 15 heavy (non-hydrogen) atoms. The van der Waals surface area contributed by atoms with E-state index in [2.05, 4.69) is 21.2 Å². The molecule has 6 heteroatoms. The number of nitrogens with one attached hydrogen (secondary N) is 1. The lowest BCUT2D eigenvalue weighted by molar-refractivity contribution is -0.386. The third-order valence-electron chi connectivity index (χ3n) is 2.33. The van der Waals surface area contributed by atoms with Crippen LogP contribution in [0.2, 0.25) is 0 Å². The number of hydrogen-bond donors (Lipinski definition) is 1. The first-order valence-corrected chi connectivity index (χ1v) is 5.10. The highest BCUT2D eigenvalue weighted by Gasteiger charge is 2.26. The summed E-state index contributed by atoms with van der Waals surface area (Å²) in [5.41, 5.74) is 1.32. The lowest BCUT2D eigenvalue weighted by atomic mass is 9.99. The molecule has 0 atom stereocenters. The summed E-state index contributed by atoms with van der Waals surface area (Å²) in [4.78, 5) is 21.6. The molecule has 0 saturated carbocycles. The molecule has 78 valence electrons. The maximum Gasteiger partial charge on any atom is 0.287 e. The zero-order valence-corrected chi connectivity index (χ0v) is 9.20. The largest absolute Gasteiger partial charge is 0.352 e. The van der Waals surface area contributed by atoms with Gasteiger partial charge in [0, 0.05) is 12.1 Å². The van der Waals surface area contributed by atoms with E-state index in [1.54, 1.807) is 12.1 Å². The summed E-state index contributed by atoms with van der Waals surface area (Å²) in [6.07, 6.45) is 0.0745. The van der Waals surface area contributed by atoms with Crippen molar-refractivity contribution >= 4 is 27.5 Å². The van der Waals surface area contributed by atoms with Gasteiger partial charge in [-0.25, -0.2) is 0 Å². The highest BCUT2D eigenvalue weighted by Crippen LogP contribution is 2.32. The SMILES string of the molecule is O=C1Cc2c(ccc(Br)c2[N+](=O)[O-])CN1. The van der Waals surface area contributed by atoms with E-state index in [-0.39, 0.29) is 18.0 Å². The Morgan fingerprint density at radius 2 is 2.20 bits per heavy atom. The fourth-order valence-electron chi connectivity index (χ4n) is 1.63. The van der Waals surface area contributed by atoms with Crippen LogP contribution in [0.15, 0.2) is 16.6 Å². The molecule has 0 spiro atoms. The van der Waals surface area contributed by atoms with Gasteiger partial charge in [0.25, 0.3) is 5.69 Å². The van der Waals surface area contributed by atoms with Gasteiger partial charge in [0.15, 0.2) is 0 Å². The quantitative estimate of drug-likeness (QED) is 0.621. The number of nitrogens with zero attached hydrogens (tertiary/aromatic N) is 1. The fraction of sp³-hybridized carbons (Fsp3) is 0.222. The predicted molar refractivity (Wildman–Crippen MR) is 56.3 cm³/mol. The van der Waals surface area contributed by atoms with Crippen molar-refractivity contribution in [3.63, 3.8) is 0 Å². The van der Waals surface area contributed by atoms with Crippen molar-refractivity contribution in [2.45, 2.75) is 13.0 Å². The average Bonchev–Trinajstić information content (AvgIpc) is 2.16. The molecule has 1 N–H and O–H groups in total. The fourth-order valence-corrected chi connectivity index (χ4v) is 2.14. The first-order valence-electron chi connectivity index (χ1n) is 4.31. The van der Waals surface area contributed by atoms with Crippen LogP contribution in [0.3, 0.4) is 0 Å². The van der Waals surface area contributed by atoms with Crippen molar-refractivity contribution in [2.75, 3.05) is 0 Å². The maximum atomic E-state index is 11.2. The van der Waals surface area contributed by atoms with E-state index in [1.165, 1.54) is 0 Å². The van der Waals surface area contributed by atoms with Gasteiger partial charge >= 0.3 is 0 Å². The van der Waals surface area contributed by atoms with Crippen LogP contribution in [0.25, 0.3) is 0 Å². The van der Waals surface area contributed by atoms with E-state index >= 15 is 0 Å². The van der Waals surface area contributed by atoms with Crippen LogP contribution >= 0.6 is 15.9 Å². The first-order chi connectivity index (χ1) is 7.09. The summed E-state index contributed by atoms with van der Waals surface area (Å²) < 4.78 is 0.418. The molecule has 0 unspecified atom stereocenters. The van der Waals surface area contributed by atoms with E-state index in [0.29, 0.717) is 16.6 Å². The summed E-state index contributed by atoms with van der Waals surface area (Å²) in [6.45, 7) is 0.363. The molecule has 0 radical (unpaired) electrons. The van der Waals surface area contributed by atoms with E-state index in [4.69, 9.17) is 0 Å². The molecule has 0 aromatic heterocycles. The lowest BCUT2D eigenvalue weighted by Gasteiger charge is -2.16. The summed E-state index contributed by atoms with van der Waals surface area (Å²) in [5.74, 6) is -0.177. The third kappa shape index (κ3) is 1.72. The van der Waals surface area contributed by atoms with Gasteiger partial charge in [0.2, 0.25) is 5.91 Å². The second kappa shape index (κ2) is 3.62. The molecule has 5 nitrogen and oxygen atoms in total. The van der Waals surface area contributed by atoms with E-state index in [1.807, 2.05) is 0 Å². The second-order valence-corrected chi connectivity index (χ2v) is 4.10. The Bertz CT molecular complexity index is 459. The minimum atomic E-state index is -0.457. The number of carbonyl (C=O) groups excluding carboxylic acids is 1. The Morgan fingerprint density at radius 1 is 1.47 bits per heavy atom. The van der Waals surface area contributed by atoms with Gasteiger partial charge < -0.3 is 5.32 Å². The summed E-state index contributed by atoms with van der Waals surface area (Å²) in [6, 6.07) is 3.42. The van der Waals surface area contributed by atoms with Crippen LogP contribution in [0, 0.1) is 10.1 Å². The third-order valence-corrected chi connectivity index (χ3v) is 2.97. The van der Waals surface area contributed by atoms with Crippen molar-refractivity contribution in [1.82, 2.24) is 5.32 Å². The van der Waals surface area contributed by atoms with Crippen LogP contribution in [0.5, 0.6) is 0 Å². The smallest absolute Gasteiger partial charge is 0.287 e. The summed E-state index contributed by atoms with van der Waals surface area (Å²) in [7, 11) is 0. The van der Waals surface area contributed by atoms with E-state index in [9.17, 15) is 14.9 Å². The number of carbonyl (C=O) groups is 1. The van der Waals surface area contributed by atoms with Gasteiger partial charge in [-0.15, -0.1) is 0 Å². The monoisotopic (exact) mass is 270 g/mol. The van der Waals surface area contributed by atoms with Gasteiger partial charge in [0.05, 0.1) is 15.8 Å². The standard InChI is InChI=1S/C9H7BrN2O3/c10-7-2-1-5-4-11-8(13)3-6(5)9(7)12(14)15/h1-2H,3-4H2,(H,11,13). The number of halogens is 1. The molecule has 0 saturated heterocycles. The maximum absolute atomic E-state index is 11.2. The zero-order chi connectivity index (χ0) is 11.0. The highest BCUT2D eigenvalue weighted by molar-refractivity contribution is 9.10. The second-order valence-electron chi connectivity index (χ2n) is 3.24. The number of rotatable bonds is 1. The first kappa shape index (κ1) is 10.1.